The standard InChI is InChI=1S/C26H40N4O2/c1-6-7-8-9-10-11-12-17-24(31)27-19-25(32)28-23-18-22(26(3,4)5)29-30(23)21-16-14-13-15-20(21)2/h13-16,18H,6-12,17,19H2,1-5H3,(H,27,31)(H,28,32). The average molecular weight is 441 g/mol. The lowest BCUT2D eigenvalue weighted by Gasteiger charge is -2.14. The molecule has 0 saturated carbocycles. The number of hydrogen-bond donors (Lipinski definition) is 2. The highest BCUT2D eigenvalue weighted by Crippen LogP contribution is 2.27. The molecule has 6 heteroatoms. The summed E-state index contributed by atoms with van der Waals surface area (Å²) in [5.41, 5.74) is 2.72. The molecule has 0 aliphatic carbocycles. The maximum absolute atomic E-state index is 12.6. The first kappa shape index (κ1) is 25.6. The zero-order valence-corrected chi connectivity index (χ0v) is 20.5. The highest BCUT2D eigenvalue weighted by molar-refractivity contribution is 5.94. The lowest BCUT2D eigenvalue weighted by molar-refractivity contribution is -0.124. The van der Waals surface area contributed by atoms with Gasteiger partial charge in [-0.2, -0.15) is 5.10 Å². The number of aromatic nitrogens is 2. The van der Waals surface area contributed by atoms with Crippen LogP contribution in [0.15, 0.2) is 30.3 Å². The summed E-state index contributed by atoms with van der Waals surface area (Å²) in [6, 6.07) is 9.84. The fourth-order valence-corrected chi connectivity index (χ4v) is 3.52. The van der Waals surface area contributed by atoms with E-state index in [1.165, 1.54) is 32.1 Å². The quantitative estimate of drug-likeness (QED) is 0.417. The van der Waals surface area contributed by atoms with Gasteiger partial charge < -0.3 is 10.6 Å². The van der Waals surface area contributed by atoms with Gasteiger partial charge in [0.15, 0.2) is 0 Å². The third kappa shape index (κ3) is 8.13. The van der Waals surface area contributed by atoms with Gasteiger partial charge in [0.05, 0.1) is 17.9 Å². The molecule has 2 amide bonds. The Hall–Kier alpha value is -2.63. The molecule has 1 aromatic carbocycles. The molecule has 1 heterocycles. The monoisotopic (exact) mass is 440 g/mol. The van der Waals surface area contributed by atoms with Gasteiger partial charge in [0.2, 0.25) is 11.8 Å². The average Bonchev–Trinajstić information content (AvgIpc) is 3.16. The first-order valence-electron chi connectivity index (χ1n) is 12.0. The third-order valence-electron chi connectivity index (χ3n) is 5.54. The van der Waals surface area contributed by atoms with Gasteiger partial charge in [-0.15, -0.1) is 0 Å². The minimum atomic E-state index is -0.256. The van der Waals surface area contributed by atoms with Gasteiger partial charge in [0.25, 0.3) is 0 Å². The lowest BCUT2D eigenvalue weighted by Crippen LogP contribution is -2.33. The molecule has 0 unspecified atom stereocenters. The van der Waals surface area contributed by atoms with Crippen molar-refractivity contribution in [3.05, 3.63) is 41.6 Å². The summed E-state index contributed by atoms with van der Waals surface area (Å²) in [5.74, 6) is 0.278. The minimum absolute atomic E-state index is 0.0425. The number of nitrogens with one attached hydrogen (secondary N) is 2. The molecule has 32 heavy (non-hydrogen) atoms. The molecule has 1 aromatic heterocycles. The van der Waals surface area contributed by atoms with Crippen LogP contribution in [0.25, 0.3) is 5.69 Å². The Labute approximate surface area is 193 Å². The van der Waals surface area contributed by atoms with Crippen LogP contribution in [0.2, 0.25) is 0 Å². The topological polar surface area (TPSA) is 76.0 Å². The Kier molecular flexibility index (Phi) is 9.95. The van der Waals surface area contributed by atoms with Gasteiger partial charge in [0, 0.05) is 17.9 Å². The van der Waals surface area contributed by atoms with Crippen molar-refractivity contribution in [1.82, 2.24) is 15.1 Å². The number of benzene rings is 1. The van der Waals surface area contributed by atoms with Crippen molar-refractivity contribution in [3.63, 3.8) is 0 Å². The Morgan fingerprint density at radius 3 is 2.28 bits per heavy atom. The highest BCUT2D eigenvalue weighted by Gasteiger charge is 2.22. The SMILES string of the molecule is CCCCCCCCCC(=O)NCC(=O)Nc1cc(C(C)(C)C)nn1-c1ccccc1C. The Morgan fingerprint density at radius 2 is 1.62 bits per heavy atom. The van der Waals surface area contributed by atoms with Crippen molar-refractivity contribution < 1.29 is 9.59 Å². The van der Waals surface area contributed by atoms with Crippen molar-refractivity contribution in [2.75, 3.05) is 11.9 Å². The molecule has 0 radical (unpaired) electrons. The van der Waals surface area contributed by atoms with Crippen LogP contribution in [-0.2, 0) is 15.0 Å². The molecule has 176 valence electrons. The van der Waals surface area contributed by atoms with E-state index in [-0.39, 0.29) is 23.8 Å². The second kappa shape index (κ2) is 12.4. The van der Waals surface area contributed by atoms with Gasteiger partial charge in [0.1, 0.15) is 5.82 Å². The van der Waals surface area contributed by atoms with Crippen LogP contribution in [0.4, 0.5) is 5.82 Å². The van der Waals surface area contributed by atoms with Crippen LogP contribution in [0.5, 0.6) is 0 Å². The zero-order chi connectivity index (χ0) is 23.6. The lowest BCUT2D eigenvalue weighted by atomic mass is 9.92. The Morgan fingerprint density at radius 1 is 0.969 bits per heavy atom. The largest absolute Gasteiger partial charge is 0.347 e. The van der Waals surface area contributed by atoms with Crippen molar-refractivity contribution in [2.24, 2.45) is 0 Å². The van der Waals surface area contributed by atoms with E-state index < -0.39 is 0 Å². The van der Waals surface area contributed by atoms with Gasteiger partial charge in [-0.3, -0.25) is 9.59 Å². The van der Waals surface area contributed by atoms with E-state index in [1.54, 1.807) is 4.68 Å². The summed E-state index contributed by atoms with van der Waals surface area (Å²) in [5, 5.41) is 10.4. The van der Waals surface area contributed by atoms with Gasteiger partial charge >= 0.3 is 0 Å². The summed E-state index contributed by atoms with van der Waals surface area (Å²) in [7, 11) is 0. The van der Waals surface area contributed by atoms with E-state index in [9.17, 15) is 9.59 Å². The second-order valence-corrected chi connectivity index (χ2v) is 9.56. The van der Waals surface area contributed by atoms with Crippen molar-refractivity contribution >= 4 is 17.6 Å². The third-order valence-corrected chi connectivity index (χ3v) is 5.54. The molecule has 2 rings (SSSR count). The van der Waals surface area contributed by atoms with Crippen molar-refractivity contribution in [2.45, 2.75) is 91.4 Å². The number of aryl methyl sites for hydroxylation is 1. The number of hydrogen-bond acceptors (Lipinski definition) is 3. The van der Waals surface area contributed by atoms with Crippen LogP contribution in [0.3, 0.4) is 0 Å². The van der Waals surface area contributed by atoms with Crippen LogP contribution in [0.1, 0.15) is 90.3 Å². The van der Waals surface area contributed by atoms with E-state index in [0.717, 1.165) is 29.8 Å². The summed E-state index contributed by atoms with van der Waals surface area (Å²) in [4.78, 5) is 24.6. The van der Waals surface area contributed by atoms with Crippen LogP contribution in [0, 0.1) is 6.92 Å². The van der Waals surface area contributed by atoms with E-state index in [4.69, 9.17) is 5.10 Å². The summed E-state index contributed by atoms with van der Waals surface area (Å²) >= 11 is 0. The molecule has 2 N–H and O–H groups in total. The van der Waals surface area contributed by atoms with Gasteiger partial charge in [-0.25, -0.2) is 4.68 Å². The van der Waals surface area contributed by atoms with E-state index in [1.807, 2.05) is 37.3 Å². The molecular weight excluding hydrogens is 400 g/mol. The van der Waals surface area contributed by atoms with Crippen molar-refractivity contribution in [1.29, 1.82) is 0 Å². The maximum Gasteiger partial charge on any atom is 0.244 e. The molecule has 0 aliphatic heterocycles. The molecule has 2 aromatic rings. The van der Waals surface area contributed by atoms with Crippen LogP contribution in [-0.4, -0.2) is 28.1 Å². The summed E-state index contributed by atoms with van der Waals surface area (Å²) < 4.78 is 1.77. The number of unbranched alkanes of at least 4 members (excludes halogenated alkanes) is 6. The minimum Gasteiger partial charge on any atom is -0.347 e. The Bertz CT molecular complexity index is 880. The molecular formula is C26H40N4O2. The number of carbonyl (C=O) groups excluding carboxylic acids is 2. The molecule has 0 aliphatic rings. The first-order valence-corrected chi connectivity index (χ1v) is 12.0. The Balaban J connectivity index is 1.90. The molecule has 0 spiro atoms. The van der Waals surface area contributed by atoms with E-state index >= 15 is 0 Å². The molecule has 0 saturated heterocycles. The number of para-hydroxylation sites is 1. The van der Waals surface area contributed by atoms with Crippen LogP contribution < -0.4 is 10.6 Å². The number of nitrogens with zero attached hydrogens (tertiary/aromatic N) is 2. The molecule has 0 atom stereocenters. The number of amides is 2. The second-order valence-electron chi connectivity index (χ2n) is 9.56. The fourth-order valence-electron chi connectivity index (χ4n) is 3.52. The van der Waals surface area contributed by atoms with Crippen molar-refractivity contribution in [3.8, 4) is 5.69 Å². The highest BCUT2D eigenvalue weighted by atomic mass is 16.2. The van der Waals surface area contributed by atoms with Gasteiger partial charge in [-0.1, -0.05) is 84.4 Å². The van der Waals surface area contributed by atoms with E-state index in [2.05, 4.69) is 38.3 Å². The molecule has 0 fully saturated rings. The zero-order valence-electron chi connectivity index (χ0n) is 20.5. The molecule has 0 bridgehead atoms. The number of rotatable bonds is 12. The van der Waals surface area contributed by atoms with E-state index in [0.29, 0.717) is 12.2 Å². The predicted molar refractivity (Wildman–Crippen MR) is 131 cm³/mol. The number of carbonyl (C=O) groups is 2. The smallest absolute Gasteiger partial charge is 0.244 e. The fraction of sp³-hybridized carbons (Fsp3) is 0.577. The van der Waals surface area contributed by atoms with Gasteiger partial charge in [-0.05, 0) is 25.0 Å². The summed E-state index contributed by atoms with van der Waals surface area (Å²) in [6.07, 6.45) is 8.62. The summed E-state index contributed by atoms with van der Waals surface area (Å²) in [6.45, 7) is 10.5. The van der Waals surface area contributed by atoms with Crippen LogP contribution >= 0.6 is 0 Å². The normalized spacial score (nSPS) is 11.4. The molecule has 6 nitrogen and oxygen atoms in total. The predicted octanol–water partition coefficient (Wildman–Crippen LogP) is 5.67. The first-order chi connectivity index (χ1) is 15.2. The maximum atomic E-state index is 12.6. The number of anilines is 1.